The van der Waals surface area contributed by atoms with E-state index in [-0.39, 0.29) is 23.3 Å². The lowest BCUT2D eigenvalue weighted by Gasteiger charge is -2.37. The Morgan fingerprint density at radius 1 is 1.32 bits per heavy atom. The number of amides is 1. The first kappa shape index (κ1) is 17.7. The molecule has 2 saturated heterocycles. The first-order valence-corrected chi connectivity index (χ1v) is 9.98. The fourth-order valence-corrected chi connectivity index (χ4v) is 5.14. The Hall–Kier alpha value is -0.660. The van der Waals surface area contributed by atoms with Gasteiger partial charge in [0.1, 0.15) is 0 Å². The van der Waals surface area contributed by atoms with Crippen LogP contribution in [0.4, 0.5) is 0 Å². The van der Waals surface area contributed by atoms with Crippen molar-refractivity contribution >= 4 is 15.7 Å². The normalized spacial score (nSPS) is 27.0. The van der Waals surface area contributed by atoms with E-state index in [1.165, 1.54) is 0 Å². The van der Waals surface area contributed by atoms with Crippen LogP contribution in [-0.2, 0) is 19.4 Å². The average Bonchev–Trinajstić information content (AvgIpc) is 2.79. The molecule has 2 unspecified atom stereocenters. The third-order valence-electron chi connectivity index (χ3n) is 4.59. The lowest BCUT2D eigenvalue weighted by atomic mass is 10.0. The van der Waals surface area contributed by atoms with E-state index in [9.17, 15) is 13.2 Å². The molecule has 2 atom stereocenters. The minimum absolute atomic E-state index is 0.00844. The average molecular weight is 332 g/mol. The second kappa shape index (κ2) is 7.75. The van der Waals surface area contributed by atoms with Gasteiger partial charge in [0.05, 0.1) is 24.7 Å². The van der Waals surface area contributed by atoms with Gasteiger partial charge in [-0.2, -0.15) is 0 Å². The molecule has 0 spiro atoms. The molecule has 0 aromatic carbocycles. The zero-order valence-corrected chi connectivity index (χ0v) is 14.4. The predicted molar refractivity (Wildman–Crippen MR) is 85.4 cm³/mol. The van der Waals surface area contributed by atoms with Crippen LogP contribution in [-0.4, -0.2) is 69.6 Å². The second-order valence-electron chi connectivity index (χ2n) is 6.74. The van der Waals surface area contributed by atoms with Crippen LogP contribution in [0, 0.1) is 11.8 Å². The van der Waals surface area contributed by atoms with Crippen molar-refractivity contribution in [2.24, 2.45) is 11.8 Å². The molecule has 1 N–H and O–H groups in total. The molecule has 22 heavy (non-hydrogen) atoms. The molecule has 0 aliphatic carbocycles. The monoisotopic (exact) mass is 332 g/mol. The summed E-state index contributed by atoms with van der Waals surface area (Å²) in [4.78, 5) is 14.4. The van der Waals surface area contributed by atoms with Crippen LogP contribution >= 0.6 is 0 Å². The van der Waals surface area contributed by atoms with Crippen LogP contribution in [0.3, 0.4) is 0 Å². The fourth-order valence-electron chi connectivity index (χ4n) is 3.28. The number of rotatable bonds is 6. The summed E-state index contributed by atoms with van der Waals surface area (Å²) in [7, 11) is -2.91. The van der Waals surface area contributed by atoms with Gasteiger partial charge in [-0.15, -0.1) is 0 Å². The van der Waals surface area contributed by atoms with E-state index in [1.807, 2.05) is 0 Å². The summed E-state index contributed by atoms with van der Waals surface area (Å²) in [6.45, 7) is 8.25. The molecule has 2 aliphatic rings. The number of morpholine rings is 1. The molecule has 2 heterocycles. The van der Waals surface area contributed by atoms with Crippen molar-refractivity contribution in [2.75, 3.05) is 44.4 Å². The van der Waals surface area contributed by atoms with Crippen LogP contribution < -0.4 is 5.32 Å². The minimum Gasteiger partial charge on any atom is -0.379 e. The molecule has 2 fully saturated rings. The van der Waals surface area contributed by atoms with Gasteiger partial charge in [-0.3, -0.25) is 9.69 Å². The maximum atomic E-state index is 12.1. The molecule has 2 aliphatic heterocycles. The lowest BCUT2D eigenvalue weighted by Crippen LogP contribution is -2.51. The Morgan fingerprint density at radius 2 is 2.00 bits per heavy atom. The van der Waals surface area contributed by atoms with Gasteiger partial charge in [0, 0.05) is 32.1 Å². The first-order valence-electron chi connectivity index (χ1n) is 8.16. The third kappa shape index (κ3) is 5.21. The van der Waals surface area contributed by atoms with Gasteiger partial charge >= 0.3 is 0 Å². The molecule has 0 saturated carbocycles. The topological polar surface area (TPSA) is 75.7 Å². The summed E-state index contributed by atoms with van der Waals surface area (Å²) >= 11 is 0. The van der Waals surface area contributed by atoms with Crippen LogP contribution in [0.15, 0.2) is 0 Å². The summed E-state index contributed by atoms with van der Waals surface area (Å²) < 4.78 is 28.2. The van der Waals surface area contributed by atoms with Crippen molar-refractivity contribution in [2.45, 2.75) is 32.7 Å². The predicted octanol–water partition coefficient (Wildman–Crippen LogP) is 0.284. The van der Waals surface area contributed by atoms with E-state index in [1.54, 1.807) is 0 Å². The zero-order valence-electron chi connectivity index (χ0n) is 13.6. The molecule has 2 rings (SSSR count). The SMILES string of the molecule is CC(C)C(CNC(=O)CC1CCS(=O)(=O)C1)N1CCOCC1. The third-order valence-corrected chi connectivity index (χ3v) is 6.43. The Labute approximate surface area is 133 Å². The van der Waals surface area contributed by atoms with Gasteiger partial charge in [0.25, 0.3) is 0 Å². The number of ether oxygens (including phenoxy) is 1. The standard InChI is InChI=1S/C15H28N2O4S/c1-12(2)14(17-4-6-21-7-5-17)10-16-15(18)9-13-3-8-22(19,20)11-13/h12-14H,3-11H2,1-2H3,(H,16,18). The van der Waals surface area contributed by atoms with Crippen molar-refractivity contribution in [1.29, 1.82) is 0 Å². The Morgan fingerprint density at radius 3 is 2.55 bits per heavy atom. The van der Waals surface area contributed by atoms with Crippen LogP contribution in [0.5, 0.6) is 0 Å². The van der Waals surface area contributed by atoms with Crippen LogP contribution in [0.2, 0.25) is 0 Å². The molecule has 7 heteroatoms. The van der Waals surface area contributed by atoms with Crippen molar-refractivity contribution in [3.63, 3.8) is 0 Å². The summed E-state index contributed by atoms with van der Waals surface area (Å²) in [5.74, 6) is 0.808. The summed E-state index contributed by atoms with van der Waals surface area (Å²) in [5.41, 5.74) is 0. The summed E-state index contributed by atoms with van der Waals surface area (Å²) in [5, 5.41) is 3.00. The highest BCUT2D eigenvalue weighted by atomic mass is 32.2. The molecule has 0 aromatic heterocycles. The highest BCUT2D eigenvalue weighted by Gasteiger charge is 2.30. The first-order chi connectivity index (χ1) is 10.4. The zero-order chi connectivity index (χ0) is 16.2. The van der Waals surface area contributed by atoms with E-state index in [4.69, 9.17) is 4.74 Å². The van der Waals surface area contributed by atoms with Gasteiger partial charge in [-0.1, -0.05) is 13.8 Å². The highest BCUT2D eigenvalue weighted by Crippen LogP contribution is 2.21. The van der Waals surface area contributed by atoms with E-state index in [0.717, 1.165) is 26.3 Å². The lowest BCUT2D eigenvalue weighted by molar-refractivity contribution is -0.122. The van der Waals surface area contributed by atoms with Crippen molar-refractivity contribution in [3.05, 3.63) is 0 Å². The summed E-state index contributed by atoms with van der Waals surface area (Å²) in [6, 6.07) is 0.306. The number of hydrogen-bond acceptors (Lipinski definition) is 5. The van der Waals surface area contributed by atoms with Gasteiger partial charge in [0.2, 0.25) is 5.91 Å². The second-order valence-corrected chi connectivity index (χ2v) is 8.97. The van der Waals surface area contributed by atoms with Gasteiger partial charge in [-0.05, 0) is 18.3 Å². The minimum atomic E-state index is -2.91. The molecular formula is C15H28N2O4S. The quantitative estimate of drug-likeness (QED) is 0.756. The van der Waals surface area contributed by atoms with Crippen LogP contribution in [0.1, 0.15) is 26.7 Å². The van der Waals surface area contributed by atoms with Crippen LogP contribution in [0.25, 0.3) is 0 Å². The maximum Gasteiger partial charge on any atom is 0.220 e. The van der Waals surface area contributed by atoms with E-state index >= 15 is 0 Å². The van der Waals surface area contributed by atoms with E-state index in [2.05, 4.69) is 24.1 Å². The van der Waals surface area contributed by atoms with Gasteiger partial charge < -0.3 is 10.1 Å². The smallest absolute Gasteiger partial charge is 0.220 e. The maximum absolute atomic E-state index is 12.1. The van der Waals surface area contributed by atoms with E-state index < -0.39 is 9.84 Å². The van der Waals surface area contributed by atoms with Crippen molar-refractivity contribution in [1.82, 2.24) is 10.2 Å². The summed E-state index contributed by atoms with van der Waals surface area (Å²) in [6.07, 6.45) is 0.944. The number of nitrogens with zero attached hydrogens (tertiary/aromatic N) is 1. The van der Waals surface area contributed by atoms with Crippen molar-refractivity contribution < 1.29 is 17.9 Å². The molecule has 0 aromatic rings. The number of carbonyl (C=O) groups is 1. The molecule has 6 nitrogen and oxygen atoms in total. The van der Waals surface area contributed by atoms with Gasteiger partial charge in [-0.25, -0.2) is 8.42 Å². The Balaban J connectivity index is 1.78. The number of carbonyl (C=O) groups excluding carboxylic acids is 1. The molecule has 128 valence electrons. The number of nitrogens with one attached hydrogen (secondary N) is 1. The van der Waals surface area contributed by atoms with E-state index in [0.29, 0.717) is 31.3 Å². The fraction of sp³-hybridized carbons (Fsp3) is 0.933. The number of hydrogen-bond donors (Lipinski definition) is 1. The highest BCUT2D eigenvalue weighted by molar-refractivity contribution is 7.91. The molecule has 0 radical (unpaired) electrons. The molecule has 1 amide bonds. The van der Waals surface area contributed by atoms with Gasteiger partial charge in [0.15, 0.2) is 9.84 Å². The Kier molecular flexibility index (Phi) is 6.23. The molecule has 0 bridgehead atoms. The van der Waals surface area contributed by atoms with Crippen molar-refractivity contribution in [3.8, 4) is 0 Å². The number of sulfone groups is 1. The molecular weight excluding hydrogens is 304 g/mol. The largest absolute Gasteiger partial charge is 0.379 e. The Bertz CT molecular complexity index is 472.